The van der Waals surface area contributed by atoms with Gasteiger partial charge in [0.2, 0.25) is 0 Å². The summed E-state index contributed by atoms with van der Waals surface area (Å²) in [6, 6.07) is 10.3. The molecule has 28 heavy (non-hydrogen) atoms. The fourth-order valence-corrected chi connectivity index (χ4v) is 2.90. The van der Waals surface area contributed by atoms with Gasteiger partial charge in [0.25, 0.3) is 0 Å². The highest BCUT2D eigenvalue weighted by atomic mass is 35.5. The Labute approximate surface area is 161 Å². The summed E-state index contributed by atoms with van der Waals surface area (Å²) in [5.41, 5.74) is 7.04. The van der Waals surface area contributed by atoms with E-state index in [9.17, 15) is 13.2 Å². The lowest BCUT2D eigenvalue weighted by Crippen LogP contribution is -2.09. The fraction of sp³-hybridized carbons (Fsp3) is 0.0556. The van der Waals surface area contributed by atoms with Crippen LogP contribution in [-0.2, 0) is 6.18 Å². The van der Waals surface area contributed by atoms with Crippen LogP contribution in [0.15, 0.2) is 55.1 Å². The van der Waals surface area contributed by atoms with E-state index in [4.69, 9.17) is 17.3 Å². The molecule has 2 heterocycles. The summed E-state index contributed by atoms with van der Waals surface area (Å²) in [6.07, 6.45) is -1.69. The number of fused-ring (bicyclic) bond motifs is 1. The Morgan fingerprint density at radius 3 is 2.61 bits per heavy atom. The molecule has 2 aromatic carbocycles. The predicted molar refractivity (Wildman–Crippen MR) is 101 cm³/mol. The van der Waals surface area contributed by atoms with Crippen LogP contribution in [0.3, 0.4) is 0 Å². The van der Waals surface area contributed by atoms with Crippen molar-refractivity contribution in [3.8, 4) is 5.82 Å². The van der Waals surface area contributed by atoms with Crippen molar-refractivity contribution < 1.29 is 13.2 Å². The minimum atomic E-state index is -4.50. The average Bonchev–Trinajstić information content (AvgIpc) is 3.08. The fourth-order valence-electron chi connectivity index (χ4n) is 2.73. The molecule has 0 aliphatic heterocycles. The molecular formula is C18H12ClF3N6. The van der Waals surface area contributed by atoms with Crippen molar-refractivity contribution in [3.63, 3.8) is 0 Å². The normalized spacial score (nSPS) is 11.7. The highest BCUT2D eigenvalue weighted by molar-refractivity contribution is 6.33. The second kappa shape index (κ2) is 6.68. The van der Waals surface area contributed by atoms with Crippen molar-refractivity contribution >= 4 is 39.8 Å². The van der Waals surface area contributed by atoms with Gasteiger partial charge in [-0.05, 0) is 30.3 Å². The number of hydrogen-bond donors (Lipinski definition) is 2. The largest absolute Gasteiger partial charge is 0.416 e. The van der Waals surface area contributed by atoms with E-state index in [1.54, 1.807) is 10.9 Å². The molecule has 2 aromatic heterocycles. The second-order valence-corrected chi connectivity index (χ2v) is 6.29. The number of aromatic nitrogens is 4. The van der Waals surface area contributed by atoms with Gasteiger partial charge in [-0.2, -0.15) is 13.2 Å². The monoisotopic (exact) mass is 404 g/mol. The first-order chi connectivity index (χ1) is 13.3. The van der Waals surface area contributed by atoms with Gasteiger partial charge in [-0.1, -0.05) is 23.7 Å². The molecule has 0 radical (unpaired) electrons. The Morgan fingerprint density at radius 1 is 1.04 bits per heavy atom. The van der Waals surface area contributed by atoms with Crippen LogP contribution in [0.2, 0.25) is 5.02 Å². The van der Waals surface area contributed by atoms with Crippen molar-refractivity contribution in [1.29, 1.82) is 0 Å². The molecule has 0 spiro atoms. The van der Waals surface area contributed by atoms with Gasteiger partial charge in [0, 0.05) is 0 Å². The van der Waals surface area contributed by atoms with Crippen LogP contribution in [0, 0.1) is 0 Å². The van der Waals surface area contributed by atoms with E-state index >= 15 is 0 Å². The maximum atomic E-state index is 13.0. The molecule has 0 fully saturated rings. The van der Waals surface area contributed by atoms with Gasteiger partial charge in [-0.25, -0.2) is 15.0 Å². The summed E-state index contributed by atoms with van der Waals surface area (Å²) in [5, 5.41) is 2.86. The molecule has 0 amide bonds. The quantitative estimate of drug-likeness (QED) is 0.512. The van der Waals surface area contributed by atoms with E-state index in [1.807, 2.05) is 24.3 Å². The highest BCUT2D eigenvalue weighted by Gasteiger charge is 2.31. The van der Waals surface area contributed by atoms with Gasteiger partial charge in [-0.3, -0.25) is 4.57 Å². The molecule has 0 atom stereocenters. The summed E-state index contributed by atoms with van der Waals surface area (Å²) in [7, 11) is 0. The number of rotatable bonds is 3. The molecule has 6 nitrogen and oxygen atoms in total. The van der Waals surface area contributed by atoms with Crippen LogP contribution in [0.5, 0.6) is 0 Å². The lowest BCUT2D eigenvalue weighted by atomic mass is 10.2. The maximum Gasteiger partial charge on any atom is 0.416 e. The molecule has 0 aliphatic carbocycles. The van der Waals surface area contributed by atoms with E-state index in [1.165, 1.54) is 6.33 Å². The SMILES string of the molecule is Nc1c(Nc2cc(C(F)(F)F)ccc2Cl)ncnc1-n1cnc2ccccc21. The number of benzene rings is 2. The van der Waals surface area contributed by atoms with Crippen LogP contribution in [0.4, 0.5) is 30.4 Å². The standard InChI is InChI=1S/C18H12ClF3N6/c19-11-6-5-10(18(20,21)22)7-13(11)27-16-15(23)17(25-8-24-16)28-9-26-12-3-1-2-4-14(12)28/h1-9H,23H2,(H,24,25,27). The summed E-state index contributed by atoms with van der Waals surface area (Å²) >= 11 is 6.04. The number of anilines is 3. The Balaban J connectivity index is 1.76. The van der Waals surface area contributed by atoms with Crippen molar-refractivity contribution in [2.24, 2.45) is 0 Å². The highest BCUT2D eigenvalue weighted by Crippen LogP contribution is 2.36. The van der Waals surface area contributed by atoms with E-state index in [0.29, 0.717) is 5.82 Å². The Bertz CT molecular complexity index is 1170. The topological polar surface area (TPSA) is 81.6 Å². The number of nitrogens with zero attached hydrogens (tertiary/aromatic N) is 4. The van der Waals surface area contributed by atoms with Crippen LogP contribution in [0.25, 0.3) is 16.9 Å². The summed E-state index contributed by atoms with van der Waals surface area (Å²) < 4.78 is 40.6. The molecular weight excluding hydrogens is 393 g/mol. The maximum absolute atomic E-state index is 13.0. The van der Waals surface area contributed by atoms with Crippen LogP contribution < -0.4 is 11.1 Å². The van der Waals surface area contributed by atoms with Gasteiger partial charge >= 0.3 is 6.18 Å². The van der Waals surface area contributed by atoms with Gasteiger partial charge in [0.05, 0.1) is 27.3 Å². The average molecular weight is 405 g/mol. The van der Waals surface area contributed by atoms with Gasteiger partial charge < -0.3 is 11.1 Å². The van der Waals surface area contributed by atoms with Crippen molar-refractivity contribution in [2.45, 2.75) is 6.18 Å². The van der Waals surface area contributed by atoms with E-state index in [2.05, 4.69) is 20.3 Å². The molecule has 10 heteroatoms. The zero-order valence-corrected chi connectivity index (χ0v) is 14.8. The van der Waals surface area contributed by atoms with Crippen molar-refractivity contribution in [2.75, 3.05) is 11.1 Å². The third-order valence-corrected chi connectivity index (χ3v) is 4.42. The number of alkyl halides is 3. The lowest BCUT2D eigenvalue weighted by molar-refractivity contribution is -0.137. The van der Waals surface area contributed by atoms with Crippen LogP contribution >= 0.6 is 11.6 Å². The van der Waals surface area contributed by atoms with Crippen LogP contribution in [0.1, 0.15) is 5.56 Å². The number of halogens is 4. The van der Waals surface area contributed by atoms with Gasteiger partial charge in [0.15, 0.2) is 11.6 Å². The summed E-state index contributed by atoms with van der Waals surface area (Å²) in [4.78, 5) is 12.5. The summed E-state index contributed by atoms with van der Waals surface area (Å²) in [5.74, 6) is 0.471. The van der Waals surface area contributed by atoms with Gasteiger partial charge in [0.1, 0.15) is 18.3 Å². The molecule has 4 aromatic rings. The second-order valence-electron chi connectivity index (χ2n) is 5.88. The molecule has 0 saturated carbocycles. The number of nitrogens with one attached hydrogen (secondary N) is 1. The predicted octanol–water partition coefficient (Wildman–Crippen LogP) is 4.81. The third kappa shape index (κ3) is 3.20. The number of hydrogen-bond acceptors (Lipinski definition) is 5. The van der Waals surface area contributed by atoms with Gasteiger partial charge in [-0.15, -0.1) is 0 Å². The van der Waals surface area contributed by atoms with Crippen molar-refractivity contribution in [3.05, 3.63) is 65.7 Å². The summed E-state index contributed by atoms with van der Waals surface area (Å²) in [6.45, 7) is 0. The third-order valence-electron chi connectivity index (χ3n) is 4.09. The number of para-hydroxylation sites is 2. The smallest absolute Gasteiger partial charge is 0.393 e. The molecule has 4 rings (SSSR count). The van der Waals surface area contributed by atoms with E-state index < -0.39 is 11.7 Å². The molecule has 0 saturated heterocycles. The zero-order valence-electron chi connectivity index (χ0n) is 14.1. The first kappa shape index (κ1) is 18.1. The number of imidazole rings is 1. The minimum absolute atomic E-state index is 0.0309. The Hall–Kier alpha value is -3.33. The molecule has 3 N–H and O–H groups in total. The van der Waals surface area contributed by atoms with Crippen molar-refractivity contribution in [1.82, 2.24) is 19.5 Å². The van der Waals surface area contributed by atoms with E-state index in [0.717, 1.165) is 29.2 Å². The molecule has 0 unspecified atom stereocenters. The van der Waals surface area contributed by atoms with Crippen LogP contribution in [-0.4, -0.2) is 19.5 Å². The molecule has 0 aliphatic rings. The number of nitrogen functional groups attached to an aromatic ring is 1. The zero-order chi connectivity index (χ0) is 19.9. The Kier molecular flexibility index (Phi) is 4.31. The Morgan fingerprint density at radius 2 is 1.82 bits per heavy atom. The lowest BCUT2D eigenvalue weighted by Gasteiger charge is -2.14. The number of nitrogens with two attached hydrogens (primary N) is 1. The minimum Gasteiger partial charge on any atom is -0.393 e. The first-order valence-electron chi connectivity index (χ1n) is 8.01. The molecule has 0 bridgehead atoms. The first-order valence-corrected chi connectivity index (χ1v) is 8.39. The van der Waals surface area contributed by atoms with E-state index in [-0.39, 0.29) is 22.2 Å². The molecule has 142 valence electrons.